The van der Waals surface area contributed by atoms with Gasteiger partial charge in [-0.2, -0.15) is 5.26 Å². The number of hydrogen-bond donors (Lipinski definition) is 1. The standard InChI is InChI=1S/C12H10F3NO3S/c1-2-18-11(17)4-7-3-8(20)5-10(9(7)6-16)19-12(13,14)15/h3,5,20H,2,4H2,1H3. The molecule has 1 aromatic carbocycles. The summed E-state index contributed by atoms with van der Waals surface area (Å²) < 4.78 is 45.2. The number of nitrogens with zero attached hydrogens (tertiary/aromatic N) is 1. The van der Waals surface area contributed by atoms with Crippen molar-refractivity contribution in [2.45, 2.75) is 24.6 Å². The third-order valence-corrected chi connectivity index (χ3v) is 2.40. The van der Waals surface area contributed by atoms with Crippen LogP contribution in [-0.2, 0) is 16.0 Å². The van der Waals surface area contributed by atoms with Crippen molar-refractivity contribution in [2.24, 2.45) is 0 Å². The molecule has 0 spiro atoms. The molecular weight excluding hydrogens is 295 g/mol. The van der Waals surface area contributed by atoms with Gasteiger partial charge in [-0.3, -0.25) is 4.79 Å². The average Bonchev–Trinajstić information content (AvgIpc) is 2.26. The highest BCUT2D eigenvalue weighted by molar-refractivity contribution is 7.80. The zero-order chi connectivity index (χ0) is 15.3. The van der Waals surface area contributed by atoms with Crippen molar-refractivity contribution < 1.29 is 27.4 Å². The molecule has 1 aromatic rings. The fourth-order valence-electron chi connectivity index (χ4n) is 1.50. The number of rotatable bonds is 4. The Morgan fingerprint density at radius 3 is 2.60 bits per heavy atom. The van der Waals surface area contributed by atoms with E-state index in [0.717, 1.165) is 6.07 Å². The van der Waals surface area contributed by atoms with Crippen LogP contribution >= 0.6 is 12.6 Å². The van der Waals surface area contributed by atoms with Gasteiger partial charge in [0.2, 0.25) is 0 Å². The van der Waals surface area contributed by atoms with E-state index in [4.69, 9.17) is 5.26 Å². The maximum absolute atomic E-state index is 12.3. The van der Waals surface area contributed by atoms with Crippen LogP contribution in [0.3, 0.4) is 0 Å². The van der Waals surface area contributed by atoms with Gasteiger partial charge in [0.1, 0.15) is 11.8 Å². The van der Waals surface area contributed by atoms with Crippen LogP contribution in [0.2, 0.25) is 0 Å². The monoisotopic (exact) mass is 305 g/mol. The number of nitriles is 1. The smallest absolute Gasteiger partial charge is 0.466 e. The summed E-state index contributed by atoms with van der Waals surface area (Å²) in [5.74, 6) is -1.34. The SMILES string of the molecule is CCOC(=O)Cc1cc(S)cc(OC(F)(F)F)c1C#N. The van der Waals surface area contributed by atoms with E-state index in [0.29, 0.717) is 0 Å². The number of esters is 1. The van der Waals surface area contributed by atoms with Crippen molar-refractivity contribution in [2.75, 3.05) is 6.61 Å². The molecule has 0 fully saturated rings. The van der Waals surface area contributed by atoms with E-state index in [1.807, 2.05) is 0 Å². The minimum absolute atomic E-state index is 0.0673. The molecule has 0 aliphatic rings. The number of carbonyl (C=O) groups excluding carboxylic acids is 1. The summed E-state index contributed by atoms with van der Waals surface area (Å²) in [5.41, 5.74) is -0.300. The van der Waals surface area contributed by atoms with Gasteiger partial charge in [0, 0.05) is 4.90 Å². The Morgan fingerprint density at radius 2 is 2.10 bits per heavy atom. The maximum Gasteiger partial charge on any atom is 0.573 e. The Hall–Kier alpha value is -1.88. The summed E-state index contributed by atoms with van der Waals surface area (Å²) in [6.07, 6.45) is -5.27. The minimum atomic E-state index is -4.94. The van der Waals surface area contributed by atoms with Gasteiger partial charge in [-0.25, -0.2) is 0 Å². The number of hydrogen-bond acceptors (Lipinski definition) is 5. The second-order valence-electron chi connectivity index (χ2n) is 3.62. The Morgan fingerprint density at radius 1 is 1.45 bits per heavy atom. The quantitative estimate of drug-likeness (QED) is 0.686. The molecular formula is C12H10F3NO3S. The Bertz CT molecular complexity index is 552. The van der Waals surface area contributed by atoms with Crippen molar-refractivity contribution in [1.82, 2.24) is 0 Å². The number of thiol groups is 1. The average molecular weight is 305 g/mol. The lowest BCUT2D eigenvalue weighted by Gasteiger charge is -2.13. The minimum Gasteiger partial charge on any atom is -0.466 e. The first kappa shape index (κ1) is 16.2. The fraction of sp³-hybridized carbons (Fsp3) is 0.333. The molecule has 1 rings (SSSR count). The van der Waals surface area contributed by atoms with Crippen LogP contribution in [0.1, 0.15) is 18.1 Å². The van der Waals surface area contributed by atoms with Gasteiger partial charge in [-0.05, 0) is 24.6 Å². The molecule has 4 nitrogen and oxygen atoms in total. The van der Waals surface area contributed by atoms with Crippen molar-refractivity contribution >= 4 is 18.6 Å². The predicted octanol–water partition coefficient (Wildman–Crippen LogP) is 2.85. The Kier molecular flexibility index (Phi) is 5.27. The first-order chi connectivity index (χ1) is 9.26. The van der Waals surface area contributed by atoms with Crippen molar-refractivity contribution in [3.63, 3.8) is 0 Å². The summed E-state index contributed by atoms with van der Waals surface area (Å²) in [6.45, 7) is 1.73. The first-order valence-corrected chi connectivity index (χ1v) is 5.89. The van der Waals surface area contributed by atoms with Crippen LogP contribution in [0.4, 0.5) is 13.2 Å². The summed E-state index contributed by atoms with van der Waals surface area (Å²) in [6, 6.07) is 3.88. The molecule has 0 radical (unpaired) electrons. The molecule has 0 unspecified atom stereocenters. The van der Waals surface area contributed by atoms with Crippen molar-refractivity contribution in [3.8, 4) is 11.8 Å². The van der Waals surface area contributed by atoms with Gasteiger partial charge in [-0.1, -0.05) is 0 Å². The van der Waals surface area contributed by atoms with Gasteiger partial charge >= 0.3 is 12.3 Å². The third-order valence-electron chi connectivity index (χ3n) is 2.15. The van der Waals surface area contributed by atoms with Gasteiger partial charge < -0.3 is 9.47 Å². The summed E-state index contributed by atoms with van der Waals surface area (Å²) >= 11 is 3.93. The Balaban J connectivity index is 3.18. The molecule has 0 atom stereocenters. The molecule has 0 aliphatic heterocycles. The number of carbonyl (C=O) groups is 1. The topological polar surface area (TPSA) is 59.3 Å². The summed E-state index contributed by atoms with van der Waals surface area (Å²) in [7, 11) is 0. The number of alkyl halides is 3. The number of benzene rings is 1. The number of ether oxygens (including phenoxy) is 2. The van der Waals surface area contributed by atoms with Crippen LogP contribution in [0.25, 0.3) is 0 Å². The second-order valence-corrected chi connectivity index (χ2v) is 4.14. The highest BCUT2D eigenvalue weighted by atomic mass is 32.1. The lowest BCUT2D eigenvalue weighted by Crippen LogP contribution is -2.18. The molecule has 0 saturated carbocycles. The van der Waals surface area contributed by atoms with E-state index in [-0.39, 0.29) is 29.1 Å². The van der Waals surface area contributed by atoms with Crippen LogP contribution in [0.5, 0.6) is 5.75 Å². The molecule has 0 saturated heterocycles. The van der Waals surface area contributed by atoms with E-state index in [2.05, 4.69) is 22.1 Å². The molecule has 0 amide bonds. The predicted molar refractivity (Wildman–Crippen MR) is 65.4 cm³/mol. The fourth-order valence-corrected chi connectivity index (χ4v) is 1.77. The van der Waals surface area contributed by atoms with E-state index >= 15 is 0 Å². The molecule has 0 N–H and O–H groups in total. The van der Waals surface area contributed by atoms with Crippen LogP contribution in [-0.4, -0.2) is 18.9 Å². The summed E-state index contributed by atoms with van der Waals surface area (Å²) in [5, 5.41) is 8.96. The van der Waals surface area contributed by atoms with Gasteiger partial charge in [0.15, 0.2) is 0 Å². The maximum atomic E-state index is 12.3. The van der Waals surface area contributed by atoms with Gasteiger partial charge in [0.25, 0.3) is 0 Å². The largest absolute Gasteiger partial charge is 0.573 e. The van der Waals surface area contributed by atoms with Crippen molar-refractivity contribution in [1.29, 1.82) is 5.26 Å². The van der Waals surface area contributed by atoms with E-state index < -0.39 is 18.1 Å². The van der Waals surface area contributed by atoms with E-state index in [9.17, 15) is 18.0 Å². The van der Waals surface area contributed by atoms with Gasteiger partial charge in [-0.15, -0.1) is 25.8 Å². The summed E-state index contributed by atoms with van der Waals surface area (Å²) in [4.78, 5) is 11.5. The first-order valence-electron chi connectivity index (χ1n) is 5.44. The molecule has 0 heterocycles. The highest BCUT2D eigenvalue weighted by Crippen LogP contribution is 2.31. The van der Waals surface area contributed by atoms with E-state index in [1.54, 1.807) is 13.0 Å². The van der Waals surface area contributed by atoms with E-state index in [1.165, 1.54) is 6.07 Å². The molecule has 108 valence electrons. The zero-order valence-corrected chi connectivity index (χ0v) is 11.2. The lowest BCUT2D eigenvalue weighted by molar-refractivity contribution is -0.274. The number of halogens is 3. The highest BCUT2D eigenvalue weighted by Gasteiger charge is 2.33. The van der Waals surface area contributed by atoms with Crippen molar-refractivity contribution in [3.05, 3.63) is 23.3 Å². The van der Waals surface area contributed by atoms with Crippen LogP contribution in [0, 0.1) is 11.3 Å². The molecule has 0 aromatic heterocycles. The molecule has 8 heteroatoms. The third kappa shape index (κ3) is 4.66. The lowest BCUT2D eigenvalue weighted by atomic mass is 10.0. The Labute approximate surface area is 118 Å². The second kappa shape index (κ2) is 6.52. The molecule has 0 bridgehead atoms. The van der Waals surface area contributed by atoms with Crippen LogP contribution in [0.15, 0.2) is 17.0 Å². The van der Waals surface area contributed by atoms with Crippen LogP contribution < -0.4 is 4.74 Å². The van der Waals surface area contributed by atoms with Gasteiger partial charge in [0.05, 0.1) is 18.6 Å². The molecule has 20 heavy (non-hydrogen) atoms. The molecule has 0 aliphatic carbocycles. The normalized spacial score (nSPS) is 10.8. The zero-order valence-electron chi connectivity index (χ0n) is 10.3.